The molecule has 0 spiro atoms. The lowest BCUT2D eigenvalue weighted by molar-refractivity contribution is -0.122. The van der Waals surface area contributed by atoms with Gasteiger partial charge in [-0.25, -0.2) is 8.78 Å². The molecule has 0 aromatic heterocycles. The van der Waals surface area contributed by atoms with Crippen LogP contribution in [0.4, 0.5) is 8.78 Å². The van der Waals surface area contributed by atoms with E-state index in [0.29, 0.717) is 19.5 Å². The summed E-state index contributed by atoms with van der Waals surface area (Å²) in [5.41, 5.74) is 0.206. The summed E-state index contributed by atoms with van der Waals surface area (Å²) in [5.74, 6) is -0.602. The van der Waals surface area contributed by atoms with Crippen LogP contribution in [0.2, 0.25) is 0 Å². The van der Waals surface area contributed by atoms with Crippen LogP contribution in [0, 0.1) is 11.6 Å². The van der Waals surface area contributed by atoms with Gasteiger partial charge in [-0.2, -0.15) is 0 Å². The lowest BCUT2D eigenvalue weighted by atomic mass is 9.95. The number of ether oxygens (including phenoxy) is 2. The fourth-order valence-electron chi connectivity index (χ4n) is 3.67. The molecule has 1 heterocycles. The summed E-state index contributed by atoms with van der Waals surface area (Å²) in [7, 11) is 1.64. The molecule has 3 rings (SSSR count). The molecule has 0 saturated carbocycles. The largest absolute Gasteiger partial charge is 0.488 e. The van der Waals surface area contributed by atoms with Crippen molar-refractivity contribution in [3.05, 3.63) is 65.7 Å². The lowest BCUT2D eigenvalue weighted by Gasteiger charge is -2.31. The van der Waals surface area contributed by atoms with Crippen molar-refractivity contribution < 1.29 is 23.0 Å². The number of benzene rings is 2. The molecule has 5 nitrogen and oxygen atoms in total. The molecule has 1 aliphatic rings. The molecule has 0 radical (unpaired) electrons. The summed E-state index contributed by atoms with van der Waals surface area (Å²) in [6.07, 6.45) is 2.28. The number of carbonyl (C=O) groups is 1. The number of likely N-dealkylation sites (tertiary alicyclic amines) is 1. The molecule has 1 unspecified atom stereocenters. The number of halogens is 2. The Morgan fingerprint density at radius 3 is 2.73 bits per heavy atom. The molecule has 7 heteroatoms. The van der Waals surface area contributed by atoms with E-state index in [0.717, 1.165) is 24.9 Å². The van der Waals surface area contributed by atoms with Gasteiger partial charge >= 0.3 is 0 Å². The van der Waals surface area contributed by atoms with Gasteiger partial charge in [-0.1, -0.05) is 24.3 Å². The van der Waals surface area contributed by atoms with E-state index >= 15 is 0 Å². The fourth-order valence-corrected chi connectivity index (χ4v) is 3.67. The van der Waals surface area contributed by atoms with Gasteiger partial charge in [0.15, 0.2) is 11.6 Å². The normalized spacial score (nSPS) is 19.8. The van der Waals surface area contributed by atoms with Crippen molar-refractivity contribution in [2.75, 3.05) is 33.4 Å². The molecule has 162 valence electrons. The summed E-state index contributed by atoms with van der Waals surface area (Å²) in [5, 5.41) is 2.84. The number of para-hydroxylation sites is 1. The molecule has 1 saturated heterocycles. The maximum absolute atomic E-state index is 13.8. The topological polar surface area (TPSA) is 50.8 Å². The molecular formula is C23H28F2N2O3. The summed E-state index contributed by atoms with van der Waals surface area (Å²) in [6, 6.07) is 12.5. The minimum absolute atomic E-state index is 0.105. The average Bonchev–Trinajstić information content (AvgIpc) is 2.94. The van der Waals surface area contributed by atoms with Crippen LogP contribution in [-0.4, -0.2) is 49.8 Å². The van der Waals surface area contributed by atoms with Crippen LogP contribution in [0.1, 0.15) is 24.8 Å². The van der Waals surface area contributed by atoms with E-state index in [1.165, 1.54) is 18.2 Å². The SMILES string of the molecule is COC1(COc2ccccc2F)CCCN(CC(=O)NCc2cccc(F)c2)CC1. The first-order chi connectivity index (χ1) is 14.5. The van der Waals surface area contributed by atoms with Gasteiger partial charge in [0.25, 0.3) is 0 Å². The van der Waals surface area contributed by atoms with E-state index in [2.05, 4.69) is 10.2 Å². The van der Waals surface area contributed by atoms with Gasteiger partial charge in [0.05, 0.1) is 6.54 Å². The van der Waals surface area contributed by atoms with E-state index in [4.69, 9.17) is 9.47 Å². The van der Waals surface area contributed by atoms with Crippen LogP contribution < -0.4 is 10.1 Å². The van der Waals surface area contributed by atoms with Gasteiger partial charge in [-0.15, -0.1) is 0 Å². The van der Waals surface area contributed by atoms with Crippen LogP contribution in [0.5, 0.6) is 5.75 Å². The summed E-state index contributed by atoms with van der Waals surface area (Å²) in [6.45, 7) is 2.25. The van der Waals surface area contributed by atoms with Crippen LogP contribution in [-0.2, 0) is 16.1 Å². The second kappa shape index (κ2) is 10.5. The highest BCUT2D eigenvalue weighted by Crippen LogP contribution is 2.28. The van der Waals surface area contributed by atoms with Crippen LogP contribution in [0.3, 0.4) is 0 Å². The number of nitrogens with zero attached hydrogens (tertiary/aromatic N) is 1. The number of carbonyl (C=O) groups excluding carboxylic acids is 1. The molecule has 2 aromatic rings. The third-order valence-corrected chi connectivity index (χ3v) is 5.50. The van der Waals surface area contributed by atoms with Crippen molar-refractivity contribution in [1.82, 2.24) is 10.2 Å². The zero-order valence-corrected chi connectivity index (χ0v) is 17.2. The van der Waals surface area contributed by atoms with Crippen molar-refractivity contribution in [2.45, 2.75) is 31.4 Å². The first-order valence-electron chi connectivity index (χ1n) is 10.2. The Morgan fingerprint density at radius 1 is 1.13 bits per heavy atom. The zero-order chi connectivity index (χ0) is 21.4. The number of nitrogens with one attached hydrogen (secondary N) is 1. The predicted molar refractivity (Wildman–Crippen MR) is 110 cm³/mol. The second-order valence-electron chi connectivity index (χ2n) is 7.64. The van der Waals surface area contributed by atoms with E-state index in [1.54, 1.807) is 37.4 Å². The van der Waals surface area contributed by atoms with Crippen LogP contribution in [0.25, 0.3) is 0 Å². The molecule has 2 aromatic carbocycles. The Kier molecular flexibility index (Phi) is 7.76. The van der Waals surface area contributed by atoms with Crippen molar-refractivity contribution in [3.63, 3.8) is 0 Å². The van der Waals surface area contributed by atoms with Gasteiger partial charge in [-0.3, -0.25) is 9.69 Å². The van der Waals surface area contributed by atoms with Crippen molar-refractivity contribution in [3.8, 4) is 5.75 Å². The molecule has 0 bridgehead atoms. The third kappa shape index (κ3) is 6.24. The second-order valence-corrected chi connectivity index (χ2v) is 7.64. The Balaban J connectivity index is 1.49. The van der Waals surface area contributed by atoms with Crippen molar-refractivity contribution in [1.29, 1.82) is 0 Å². The zero-order valence-electron chi connectivity index (χ0n) is 17.2. The number of methoxy groups -OCH3 is 1. The first kappa shape index (κ1) is 22.2. The Morgan fingerprint density at radius 2 is 1.97 bits per heavy atom. The van der Waals surface area contributed by atoms with E-state index < -0.39 is 11.4 Å². The van der Waals surface area contributed by atoms with Crippen molar-refractivity contribution >= 4 is 5.91 Å². The Hall–Kier alpha value is -2.51. The highest BCUT2D eigenvalue weighted by Gasteiger charge is 2.34. The van der Waals surface area contributed by atoms with Gasteiger partial charge in [-0.05, 0) is 55.6 Å². The highest BCUT2D eigenvalue weighted by molar-refractivity contribution is 5.78. The maximum atomic E-state index is 13.8. The quantitative estimate of drug-likeness (QED) is 0.713. The van der Waals surface area contributed by atoms with E-state index in [1.807, 2.05) is 0 Å². The summed E-state index contributed by atoms with van der Waals surface area (Å²) in [4.78, 5) is 14.4. The fraction of sp³-hybridized carbons (Fsp3) is 0.435. The van der Waals surface area contributed by atoms with E-state index in [-0.39, 0.29) is 30.6 Å². The number of hydrogen-bond acceptors (Lipinski definition) is 4. The average molecular weight is 418 g/mol. The molecule has 30 heavy (non-hydrogen) atoms. The summed E-state index contributed by atoms with van der Waals surface area (Å²) >= 11 is 0. The Labute approximate surface area is 176 Å². The Bertz CT molecular complexity index is 849. The summed E-state index contributed by atoms with van der Waals surface area (Å²) < 4.78 is 38.6. The number of rotatable bonds is 8. The van der Waals surface area contributed by atoms with Gasteiger partial charge in [0.1, 0.15) is 18.0 Å². The smallest absolute Gasteiger partial charge is 0.234 e. The molecule has 1 N–H and O–H groups in total. The maximum Gasteiger partial charge on any atom is 0.234 e. The molecule has 1 amide bonds. The van der Waals surface area contributed by atoms with Crippen molar-refractivity contribution in [2.24, 2.45) is 0 Å². The van der Waals surface area contributed by atoms with Gasteiger partial charge in [0, 0.05) is 20.2 Å². The van der Waals surface area contributed by atoms with Gasteiger partial charge in [0.2, 0.25) is 5.91 Å². The van der Waals surface area contributed by atoms with Gasteiger partial charge < -0.3 is 14.8 Å². The van der Waals surface area contributed by atoms with Crippen LogP contribution in [0.15, 0.2) is 48.5 Å². The minimum Gasteiger partial charge on any atom is -0.488 e. The lowest BCUT2D eigenvalue weighted by Crippen LogP contribution is -2.41. The molecule has 0 aliphatic carbocycles. The van der Waals surface area contributed by atoms with Crippen LogP contribution >= 0.6 is 0 Å². The van der Waals surface area contributed by atoms with E-state index in [9.17, 15) is 13.6 Å². The predicted octanol–water partition coefficient (Wildman–Crippen LogP) is 3.53. The number of hydrogen-bond donors (Lipinski definition) is 1. The molecule has 1 fully saturated rings. The monoisotopic (exact) mass is 418 g/mol. The molecular weight excluding hydrogens is 390 g/mol. The third-order valence-electron chi connectivity index (χ3n) is 5.50. The number of amides is 1. The standard InChI is InChI=1S/C23H28F2N2O3/c1-29-23(17-30-21-9-3-2-8-20(21)25)10-5-12-27(13-11-23)16-22(28)26-15-18-6-4-7-19(24)14-18/h2-4,6-9,14H,5,10-13,15-17H2,1H3,(H,26,28). The molecule has 1 aliphatic heterocycles. The molecule has 1 atom stereocenters. The highest BCUT2D eigenvalue weighted by atomic mass is 19.1. The first-order valence-corrected chi connectivity index (χ1v) is 10.2. The minimum atomic E-state index is -0.519.